The first-order valence-corrected chi connectivity index (χ1v) is 6.64. The van der Waals surface area contributed by atoms with Crippen LogP contribution in [0.5, 0.6) is 0 Å². The van der Waals surface area contributed by atoms with Gasteiger partial charge in [0.2, 0.25) is 0 Å². The van der Waals surface area contributed by atoms with Crippen molar-refractivity contribution in [1.29, 1.82) is 0 Å². The van der Waals surface area contributed by atoms with Gasteiger partial charge in [0.15, 0.2) is 0 Å². The van der Waals surface area contributed by atoms with Gasteiger partial charge in [-0.25, -0.2) is 9.67 Å². The zero-order valence-corrected chi connectivity index (χ0v) is 12.0. The van der Waals surface area contributed by atoms with Crippen molar-refractivity contribution < 1.29 is 9.72 Å². The highest BCUT2D eigenvalue weighted by Gasteiger charge is 2.19. The molecule has 1 aromatic heterocycles. The van der Waals surface area contributed by atoms with Crippen LogP contribution in [0.3, 0.4) is 0 Å². The van der Waals surface area contributed by atoms with Crippen molar-refractivity contribution >= 4 is 11.6 Å². The summed E-state index contributed by atoms with van der Waals surface area (Å²) in [5, 5.41) is 17.8. The van der Waals surface area contributed by atoms with Crippen LogP contribution < -0.4 is 11.1 Å². The van der Waals surface area contributed by atoms with E-state index in [1.54, 1.807) is 0 Å². The smallest absolute Gasteiger partial charge is 0.295 e. The Balaban J connectivity index is 2.26. The Morgan fingerprint density at radius 1 is 1.55 bits per heavy atom. The Kier molecular flexibility index (Phi) is 4.79. The topological polar surface area (TPSA) is 129 Å². The predicted octanol–water partition coefficient (Wildman–Crippen LogP) is 0.500. The van der Waals surface area contributed by atoms with E-state index in [0.717, 1.165) is 0 Å². The first-order chi connectivity index (χ1) is 10.5. The summed E-state index contributed by atoms with van der Waals surface area (Å²) < 4.78 is 1.27. The second-order valence-corrected chi connectivity index (χ2v) is 4.85. The fourth-order valence-corrected chi connectivity index (χ4v) is 1.79. The summed E-state index contributed by atoms with van der Waals surface area (Å²) >= 11 is 0. The van der Waals surface area contributed by atoms with Gasteiger partial charge in [-0.1, -0.05) is 6.92 Å². The SMILES string of the molecule is CC(CN)CNC(=O)c1ccc(-n2cncn2)c([N+](=O)[O-])c1. The number of nitrogens with zero attached hydrogens (tertiary/aromatic N) is 4. The summed E-state index contributed by atoms with van der Waals surface area (Å²) in [6.45, 7) is 2.76. The third kappa shape index (κ3) is 3.44. The number of nitro groups is 1. The van der Waals surface area contributed by atoms with E-state index >= 15 is 0 Å². The van der Waals surface area contributed by atoms with Crippen molar-refractivity contribution in [3.8, 4) is 5.69 Å². The second-order valence-electron chi connectivity index (χ2n) is 4.85. The lowest BCUT2D eigenvalue weighted by Gasteiger charge is -2.10. The molecule has 0 fully saturated rings. The number of hydrogen-bond acceptors (Lipinski definition) is 6. The Morgan fingerprint density at radius 3 is 2.91 bits per heavy atom. The number of carbonyl (C=O) groups is 1. The fourth-order valence-electron chi connectivity index (χ4n) is 1.79. The number of amides is 1. The number of nitrogens with one attached hydrogen (secondary N) is 1. The molecule has 0 saturated carbocycles. The van der Waals surface area contributed by atoms with Crippen molar-refractivity contribution in [2.24, 2.45) is 11.7 Å². The molecule has 2 rings (SSSR count). The minimum Gasteiger partial charge on any atom is -0.352 e. The maximum atomic E-state index is 12.0. The van der Waals surface area contributed by atoms with Gasteiger partial charge in [-0.15, -0.1) is 0 Å². The van der Waals surface area contributed by atoms with E-state index in [1.807, 2.05) is 6.92 Å². The molecule has 1 amide bonds. The van der Waals surface area contributed by atoms with Crippen LogP contribution in [-0.2, 0) is 0 Å². The molecule has 1 atom stereocenters. The highest BCUT2D eigenvalue weighted by Crippen LogP contribution is 2.23. The molecule has 1 unspecified atom stereocenters. The van der Waals surface area contributed by atoms with Gasteiger partial charge < -0.3 is 11.1 Å². The lowest BCUT2D eigenvalue weighted by atomic mass is 10.1. The third-order valence-corrected chi connectivity index (χ3v) is 3.11. The van der Waals surface area contributed by atoms with Gasteiger partial charge in [-0.2, -0.15) is 5.10 Å². The quantitative estimate of drug-likeness (QED) is 0.590. The van der Waals surface area contributed by atoms with Crippen LogP contribution in [0.4, 0.5) is 5.69 Å². The average molecular weight is 304 g/mol. The molecular formula is C13H16N6O3. The van der Waals surface area contributed by atoms with E-state index < -0.39 is 4.92 Å². The minimum absolute atomic E-state index is 0.133. The van der Waals surface area contributed by atoms with Crippen molar-refractivity contribution in [3.05, 3.63) is 46.5 Å². The average Bonchev–Trinajstić information content (AvgIpc) is 3.05. The number of hydrogen-bond donors (Lipinski definition) is 2. The Labute approximate surface area is 126 Å². The van der Waals surface area contributed by atoms with E-state index in [2.05, 4.69) is 15.4 Å². The van der Waals surface area contributed by atoms with E-state index in [0.29, 0.717) is 13.1 Å². The van der Waals surface area contributed by atoms with E-state index in [4.69, 9.17) is 5.73 Å². The third-order valence-electron chi connectivity index (χ3n) is 3.11. The van der Waals surface area contributed by atoms with Crippen LogP contribution in [0.2, 0.25) is 0 Å². The molecule has 2 aromatic rings. The molecule has 0 aliphatic heterocycles. The Bertz CT molecular complexity index is 670. The number of rotatable bonds is 6. The van der Waals surface area contributed by atoms with Crippen LogP contribution in [-0.4, -0.2) is 38.7 Å². The minimum atomic E-state index is -0.559. The Hall–Kier alpha value is -2.81. The van der Waals surface area contributed by atoms with E-state index in [-0.39, 0.29) is 28.8 Å². The fraction of sp³-hybridized carbons (Fsp3) is 0.308. The zero-order valence-electron chi connectivity index (χ0n) is 12.0. The summed E-state index contributed by atoms with van der Waals surface area (Å²) in [7, 11) is 0. The molecule has 22 heavy (non-hydrogen) atoms. The molecule has 0 aliphatic carbocycles. The number of carbonyl (C=O) groups excluding carboxylic acids is 1. The predicted molar refractivity (Wildman–Crippen MR) is 78.6 cm³/mol. The number of benzene rings is 1. The second kappa shape index (κ2) is 6.76. The largest absolute Gasteiger partial charge is 0.352 e. The highest BCUT2D eigenvalue weighted by molar-refractivity contribution is 5.95. The molecule has 0 spiro atoms. The van der Waals surface area contributed by atoms with Gasteiger partial charge in [0.1, 0.15) is 18.3 Å². The number of nitrogens with two attached hydrogens (primary N) is 1. The monoisotopic (exact) mass is 304 g/mol. The molecule has 1 aromatic carbocycles. The van der Waals surface area contributed by atoms with Crippen molar-refractivity contribution in [2.45, 2.75) is 6.92 Å². The van der Waals surface area contributed by atoms with Crippen LogP contribution in [0.25, 0.3) is 5.69 Å². The summed E-state index contributed by atoms with van der Waals surface area (Å²) in [4.78, 5) is 26.4. The maximum Gasteiger partial charge on any atom is 0.295 e. The van der Waals surface area contributed by atoms with Gasteiger partial charge in [0.25, 0.3) is 11.6 Å². The van der Waals surface area contributed by atoms with Gasteiger partial charge in [-0.05, 0) is 24.6 Å². The van der Waals surface area contributed by atoms with E-state index in [1.165, 1.54) is 35.5 Å². The number of aromatic nitrogens is 3. The molecule has 0 bridgehead atoms. The van der Waals surface area contributed by atoms with Crippen molar-refractivity contribution in [3.63, 3.8) is 0 Å². The summed E-state index contributed by atoms with van der Waals surface area (Å²) in [5.41, 5.74) is 5.71. The molecule has 0 radical (unpaired) electrons. The zero-order chi connectivity index (χ0) is 16.1. The lowest BCUT2D eigenvalue weighted by molar-refractivity contribution is -0.384. The molecule has 116 valence electrons. The summed E-state index contributed by atoms with van der Waals surface area (Å²) in [5.74, 6) is -0.248. The maximum absolute atomic E-state index is 12.0. The normalized spacial score (nSPS) is 11.9. The van der Waals surface area contributed by atoms with Gasteiger partial charge >= 0.3 is 0 Å². The van der Waals surface area contributed by atoms with Gasteiger partial charge in [0.05, 0.1) is 4.92 Å². The van der Waals surface area contributed by atoms with Crippen LogP contribution in [0.15, 0.2) is 30.9 Å². The van der Waals surface area contributed by atoms with Crippen molar-refractivity contribution in [1.82, 2.24) is 20.1 Å². The number of nitro benzene ring substituents is 1. The van der Waals surface area contributed by atoms with Crippen molar-refractivity contribution in [2.75, 3.05) is 13.1 Å². The summed E-state index contributed by atoms with van der Waals surface area (Å²) in [6.07, 6.45) is 2.63. The van der Waals surface area contributed by atoms with Crippen LogP contribution in [0, 0.1) is 16.0 Å². The molecule has 9 heteroatoms. The van der Waals surface area contributed by atoms with Crippen LogP contribution >= 0.6 is 0 Å². The first kappa shape index (κ1) is 15.6. The molecule has 1 heterocycles. The van der Waals surface area contributed by atoms with Crippen LogP contribution in [0.1, 0.15) is 17.3 Å². The first-order valence-electron chi connectivity index (χ1n) is 6.64. The van der Waals surface area contributed by atoms with E-state index in [9.17, 15) is 14.9 Å². The van der Waals surface area contributed by atoms with Gasteiger partial charge in [0, 0.05) is 18.2 Å². The van der Waals surface area contributed by atoms with Gasteiger partial charge in [-0.3, -0.25) is 14.9 Å². The summed E-state index contributed by atoms with van der Waals surface area (Å²) in [6, 6.07) is 4.19. The highest BCUT2D eigenvalue weighted by atomic mass is 16.6. The molecule has 0 saturated heterocycles. The Morgan fingerprint density at radius 2 is 2.32 bits per heavy atom. The molecule has 9 nitrogen and oxygen atoms in total. The molecule has 3 N–H and O–H groups in total. The molecular weight excluding hydrogens is 288 g/mol. The standard InChI is InChI=1S/C13H16N6O3/c1-9(5-14)6-16-13(20)10-2-3-11(12(4-10)19(21)22)18-8-15-7-17-18/h2-4,7-9H,5-6,14H2,1H3,(H,16,20). The lowest BCUT2D eigenvalue weighted by Crippen LogP contribution is -2.31. The molecule has 0 aliphatic rings.